The summed E-state index contributed by atoms with van der Waals surface area (Å²) in [4.78, 5) is 12.1. The number of rotatable bonds is 11. The Morgan fingerprint density at radius 1 is 1.09 bits per heavy atom. The number of nitrogens with one attached hydrogen (secondary N) is 1. The van der Waals surface area contributed by atoms with E-state index in [-0.39, 0.29) is 28.4 Å². The first kappa shape index (κ1) is 23.3. The third-order valence-corrected chi connectivity index (χ3v) is 5.07. The van der Waals surface area contributed by atoms with E-state index in [1.54, 1.807) is 43.5 Å². The van der Waals surface area contributed by atoms with Gasteiger partial charge in [0.1, 0.15) is 5.75 Å². The molecule has 0 saturated heterocycles. The molecule has 1 heterocycles. The van der Waals surface area contributed by atoms with Crippen LogP contribution in [0.3, 0.4) is 0 Å². The number of ether oxygens (including phenoxy) is 3. The highest BCUT2D eigenvalue weighted by molar-refractivity contribution is 7.99. The second kappa shape index (κ2) is 11.3. The van der Waals surface area contributed by atoms with Crippen LogP contribution in [0.1, 0.15) is 5.56 Å². The van der Waals surface area contributed by atoms with Crippen molar-refractivity contribution in [3.8, 4) is 28.7 Å². The van der Waals surface area contributed by atoms with Crippen LogP contribution >= 0.6 is 11.8 Å². The van der Waals surface area contributed by atoms with E-state index in [9.17, 15) is 13.6 Å². The maximum Gasteiger partial charge on any atom is 0.387 e. The monoisotopic (exact) mass is 465 g/mol. The van der Waals surface area contributed by atoms with Crippen molar-refractivity contribution < 1.29 is 32.2 Å². The van der Waals surface area contributed by atoms with Crippen LogP contribution in [-0.4, -0.2) is 49.2 Å². The Morgan fingerprint density at radius 3 is 2.56 bits per heavy atom. The quantitative estimate of drug-likeness (QED) is 0.427. The Morgan fingerprint density at radius 2 is 1.88 bits per heavy atom. The number of alkyl halides is 2. The fourth-order valence-electron chi connectivity index (χ4n) is 2.71. The Balaban J connectivity index is 1.45. The molecular formula is C21H21F2N3O5S. The number of hydrogen-bond acceptors (Lipinski definition) is 8. The van der Waals surface area contributed by atoms with Crippen molar-refractivity contribution in [2.24, 2.45) is 0 Å². The van der Waals surface area contributed by atoms with Crippen molar-refractivity contribution in [2.45, 2.75) is 18.3 Å². The zero-order valence-corrected chi connectivity index (χ0v) is 18.2. The van der Waals surface area contributed by atoms with Gasteiger partial charge in [-0.3, -0.25) is 4.79 Å². The van der Waals surface area contributed by atoms with Gasteiger partial charge in [0.05, 0.1) is 20.0 Å². The number of aromatic nitrogens is 2. The van der Waals surface area contributed by atoms with Gasteiger partial charge in [-0.1, -0.05) is 17.8 Å². The standard InChI is InChI=1S/C21H21F2N3O5S/c1-28-15-6-4-14(5-7-15)19-25-26-21(31-19)32-12-18(27)24-10-9-13-3-8-16(29-2)17(11-13)30-20(22)23/h3-8,11,20H,9-10,12H2,1-2H3,(H,24,27). The van der Waals surface area contributed by atoms with Gasteiger partial charge in [0.2, 0.25) is 11.8 Å². The molecule has 1 amide bonds. The second-order valence-electron chi connectivity index (χ2n) is 6.35. The normalized spacial score (nSPS) is 10.8. The molecule has 0 aliphatic heterocycles. The maximum absolute atomic E-state index is 12.5. The minimum atomic E-state index is -2.95. The first-order valence-corrected chi connectivity index (χ1v) is 10.5. The van der Waals surface area contributed by atoms with Gasteiger partial charge in [-0.05, 0) is 48.4 Å². The third-order valence-electron chi connectivity index (χ3n) is 4.25. The van der Waals surface area contributed by atoms with Crippen molar-refractivity contribution >= 4 is 17.7 Å². The molecule has 170 valence electrons. The van der Waals surface area contributed by atoms with Crippen molar-refractivity contribution in [1.29, 1.82) is 0 Å². The molecule has 0 radical (unpaired) electrons. The molecule has 32 heavy (non-hydrogen) atoms. The van der Waals surface area contributed by atoms with E-state index in [4.69, 9.17) is 13.9 Å². The van der Waals surface area contributed by atoms with Gasteiger partial charge in [0.25, 0.3) is 5.22 Å². The summed E-state index contributed by atoms with van der Waals surface area (Å²) in [5, 5.41) is 10.9. The van der Waals surface area contributed by atoms with E-state index in [1.165, 1.54) is 13.2 Å². The Labute approximate surface area is 187 Å². The van der Waals surface area contributed by atoms with E-state index in [1.807, 2.05) is 0 Å². The van der Waals surface area contributed by atoms with Gasteiger partial charge < -0.3 is 23.9 Å². The van der Waals surface area contributed by atoms with Crippen molar-refractivity contribution in [3.63, 3.8) is 0 Å². The minimum absolute atomic E-state index is 0.0501. The number of benzene rings is 2. The summed E-state index contributed by atoms with van der Waals surface area (Å²) in [6, 6.07) is 11.9. The molecule has 11 heteroatoms. The van der Waals surface area contributed by atoms with Crippen molar-refractivity contribution in [1.82, 2.24) is 15.5 Å². The zero-order valence-electron chi connectivity index (χ0n) is 17.3. The van der Waals surface area contributed by atoms with Crippen molar-refractivity contribution in [3.05, 3.63) is 48.0 Å². The maximum atomic E-state index is 12.5. The molecule has 0 aliphatic rings. The highest BCUT2D eigenvalue weighted by Crippen LogP contribution is 2.29. The zero-order chi connectivity index (χ0) is 22.9. The predicted molar refractivity (Wildman–Crippen MR) is 113 cm³/mol. The molecular weight excluding hydrogens is 444 g/mol. The van der Waals surface area contributed by atoms with E-state index in [2.05, 4.69) is 20.3 Å². The molecule has 3 aromatic rings. The molecule has 1 aromatic heterocycles. The van der Waals surface area contributed by atoms with Crippen LogP contribution in [0.4, 0.5) is 8.78 Å². The fourth-order valence-corrected chi connectivity index (χ4v) is 3.30. The average molecular weight is 465 g/mol. The van der Waals surface area contributed by atoms with Crippen LogP contribution < -0.4 is 19.5 Å². The molecule has 2 aromatic carbocycles. The van der Waals surface area contributed by atoms with Crippen LogP contribution in [0.25, 0.3) is 11.5 Å². The van der Waals surface area contributed by atoms with Gasteiger partial charge in [-0.2, -0.15) is 8.78 Å². The molecule has 8 nitrogen and oxygen atoms in total. The lowest BCUT2D eigenvalue weighted by Crippen LogP contribution is -2.27. The first-order chi connectivity index (χ1) is 15.5. The van der Waals surface area contributed by atoms with E-state index >= 15 is 0 Å². The lowest BCUT2D eigenvalue weighted by molar-refractivity contribution is -0.118. The van der Waals surface area contributed by atoms with Gasteiger partial charge in [0.15, 0.2) is 11.5 Å². The van der Waals surface area contributed by atoms with Crippen LogP contribution in [-0.2, 0) is 11.2 Å². The lowest BCUT2D eigenvalue weighted by Gasteiger charge is -2.11. The topological polar surface area (TPSA) is 95.7 Å². The molecule has 0 unspecified atom stereocenters. The summed E-state index contributed by atoms with van der Waals surface area (Å²) in [6.07, 6.45) is 0.433. The van der Waals surface area contributed by atoms with E-state index in [0.29, 0.717) is 24.6 Å². The summed E-state index contributed by atoms with van der Waals surface area (Å²) < 4.78 is 45.2. The number of carbonyl (C=O) groups is 1. The Bertz CT molecular complexity index is 1030. The van der Waals surface area contributed by atoms with E-state index < -0.39 is 6.61 Å². The summed E-state index contributed by atoms with van der Waals surface area (Å²) in [6.45, 7) is -2.63. The van der Waals surface area contributed by atoms with Gasteiger partial charge in [0, 0.05) is 12.1 Å². The number of amides is 1. The largest absolute Gasteiger partial charge is 0.497 e. The number of thioether (sulfide) groups is 1. The smallest absolute Gasteiger partial charge is 0.387 e. The first-order valence-electron chi connectivity index (χ1n) is 9.47. The molecule has 0 atom stereocenters. The fraction of sp³-hybridized carbons (Fsp3) is 0.286. The van der Waals surface area contributed by atoms with Gasteiger partial charge in [-0.15, -0.1) is 10.2 Å². The molecule has 1 N–H and O–H groups in total. The third kappa shape index (κ3) is 6.58. The predicted octanol–water partition coefficient (Wildman–Crippen LogP) is 3.81. The second-order valence-corrected chi connectivity index (χ2v) is 7.28. The van der Waals surface area contributed by atoms with Crippen LogP contribution in [0, 0.1) is 0 Å². The summed E-state index contributed by atoms with van der Waals surface area (Å²) in [5.74, 6) is 1.08. The molecule has 0 bridgehead atoms. The Hall–Kier alpha value is -3.34. The molecule has 0 saturated carbocycles. The summed E-state index contributed by atoms with van der Waals surface area (Å²) >= 11 is 1.12. The highest BCUT2D eigenvalue weighted by atomic mass is 32.2. The molecule has 0 fully saturated rings. The average Bonchev–Trinajstić information content (AvgIpc) is 3.27. The summed E-state index contributed by atoms with van der Waals surface area (Å²) in [7, 11) is 2.95. The molecule has 3 rings (SSSR count). The number of nitrogens with zero attached hydrogens (tertiary/aromatic N) is 2. The van der Waals surface area contributed by atoms with Gasteiger partial charge >= 0.3 is 6.61 Å². The van der Waals surface area contributed by atoms with Gasteiger partial charge in [-0.25, -0.2) is 0 Å². The lowest BCUT2D eigenvalue weighted by atomic mass is 10.1. The SMILES string of the molecule is COc1ccc(-c2nnc(SCC(=O)NCCc3ccc(OC)c(OC(F)F)c3)o2)cc1. The van der Waals surface area contributed by atoms with Crippen LogP contribution in [0.2, 0.25) is 0 Å². The van der Waals surface area contributed by atoms with Crippen LogP contribution in [0.15, 0.2) is 52.1 Å². The number of hydrogen-bond donors (Lipinski definition) is 1. The number of methoxy groups -OCH3 is 2. The van der Waals surface area contributed by atoms with E-state index in [0.717, 1.165) is 22.9 Å². The van der Waals surface area contributed by atoms with Crippen LogP contribution in [0.5, 0.6) is 17.2 Å². The molecule has 0 aliphatic carbocycles. The minimum Gasteiger partial charge on any atom is -0.497 e. The number of halogens is 2. The number of carbonyl (C=O) groups excluding carboxylic acids is 1. The van der Waals surface area contributed by atoms with Crippen molar-refractivity contribution in [2.75, 3.05) is 26.5 Å². The molecule has 0 spiro atoms. The highest BCUT2D eigenvalue weighted by Gasteiger charge is 2.13. The Kier molecular flexibility index (Phi) is 8.26. The summed E-state index contributed by atoms with van der Waals surface area (Å²) in [5.41, 5.74) is 1.46.